The number of hydrogen-bond acceptors (Lipinski definition) is 4. The number of aryl methyl sites for hydroxylation is 1. The number of aromatic nitrogens is 1. The number of fused-ring (bicyclic) bond motifs is 3. The van der Waals surface area contributed by atoms with Crippen molar-refractivity contribution in [3.8, 4) is 0 Å². The van der Waals surface area contributed by atoms with Crippen molar-refractivity contribution < 1.29 is 0 Å². The SMILES string of the molecule is CCCCCCCCCCCCCCn1c2ccc(/C=N/N(C)C3=CCCC=C3)cc2c2cc(/C=N/N(C)c3ccccc3)ccc21. The van der Waals surface area contributed by atoms with Crippen molar-refractivity contribution in [2.24, 2.45) is 10.2 Å². The van der Waals surface area contributed by atoms with E-state index < -0.39 is 0 Å². The van der Waals surface area contributed by atoms with E-state index in [1.54, 1.807) is 0 Å². The van der Waals surface area contributed by atoms with Crippen LogP contribution in [0.25, 0.3) is 21.8 Å². The highest BCUT2D eigenvalue weighted by Gasteiger charge is 2.12. The highest BCUT2D eigenvalue weighted by molar-refractivity contribution is 6.10. The first-order valence-electron chi connectivity index (χ1n) is 18.2. The molecule has 1 heterocycles. The summed E-state index contributed by atoms with van der Waals surface area (Å²) < 4.78 is 2.53. The Morgan fingerprint density at radius 1 is 0.638 bits per heavy atom. The zero-order valence-corrected chi connectivity index (χ0v) is 29.1. The third kappa shape index (κ3) is 9.93. The molecule has 0 atom stereocenters. The second kappa shape index (κ2) is 18.3. The summed E-state index contributed by atoms with van der Waals surface area (Å²) in [5.41, 5.74) is 7.01. The van der Waals surface area contributed by atoms with Crippen molar-refractivity contribution in [2.45, 2.75) is 103 Å². The molecule has 0 N–H and O–H groups in total. The van der Waals surface area contributed by atoms with Gasteiger partial charge in [-0.05, 0) is 72.9 Å². The van der Waals surface area contributed by atoms with E-state index in [4.69, 9.17) is 10.2 Å². The molecule has 0 radical (unpaired) electrons. The molecule has 5 heteroatoms. The smallest absolute Gasteiger partial charge is 0.0590 e. The maximum Gasteiger partial charge on any atom is 0.0590 e. The lowest BCUT2D eigenvalue weighted by atomic mass is 10.1. The molecule has 0 bridgehead atoms. The minimum Gasteiger partial charge on any atom is -0.340 e. The monoisotopic (exact) mass is 629 g/mol. The Bertz CT molecular complexity index is 1660. The highest BCUT2D eigenvalue weighted by atomic mass is 15.4. The molecule has 0 unspecified atom stereocenters. The van der Waals surface area contributed by atoms with Crippen LogP contribution in [0.1, 0.15) is 108 Å². The number of benzene rings is 3. The first-order chi connectivity index (χ1) is 23.1. The average Bonchev–Trinajstić information content (AvgIpc) is 3.42. The van der Waals surface area contributed by atoms with Crippen LogP contribution in [0.5, 0.6) is 0 Å². The molecule has 248 valence electrons. The lowest BCUT2D eigenvalue weighted by Gasteiger charge is -2.16. The van der Waals surface area contributed by atoms with Gasteiger partial charge in [-0.25, -0.2) is 0 Å². The Hall–Kier alpha value is -4.12. The van der Waals surface area contributed by atoms with Crippen molar-refractivity contribution >= 4 is 39.9 Å². The molecule has 1 aliphatic rings. The fraction of sp³-hybridized carbons (Fsp3) is 0.429. The van der Waals surface area contributed by atoms with Gasteiger partial charge in [0, 0.05) is 42.4 Å². The standard InChI is InChI=1S/C42H55N5/c1-4-5-6-7-8-9-10-11-12-13-14-21-30-47-41-28-26-35(33-43-45(2)37-22-17-15-18-23-37)31-39(41)40-32-36(27-29-42(40)47)34-44-46(3)38-24-19-16-20-25-38/h15,17-19,22-29,31-34H,4-14,16,20-21,30H2,1-3H3/b43-33+,44-34+. The topological polar surface area (TPSA) is 36.1 Å². The molecule has 47 heavy (non-hydrogen) atoms. The van der Waals surface area contributed by atoms with E-state index in [-0.39, 0.29) is 0 Å². The van der Waals surface area contributed by atoms with Gasteiger partial charge < -0.3 is 4.57 Å². The predicted molar refractivity (Wildman–Crippen MR) is 205 cm³/mol. The van der Waals surface area contributed by atoms with Gasteiger partial charge in [0.25, 0.3) is 0 Å². The predicted octanol–water partition coefficient (Wildman–Crippen LogP) is 11.5. The van der Waals surface area contributed by atoms with Crippen molar-refractivity contribution in [1.29, 1.82) is 0 Å². The Labute approximate surface area is 283 Å². The molecule has 1 aromatic heterocycles. The van der Waals surface area contributed by atoms with Gasteiger partial charge in [0.2, 0.25) is 0 Å². The van der Waals surface area contributed by atoms with E-state index in [9.17, 15) is 0 Å². The summed E-state index contributed by atoms with van der Waals surface area (Å²) in [7, 11) is 4.02. The number of para-hydroxylation sites is 1. The Morgan fingerprint density at radius 3 is 1.74 bits per heavy atom. The Balaban J connectivity index is 1.28. The minimum atomic E-state index is 1.04. The molecular weight excluding hydrogens is 574 g/mol. The zero-order chi connectivity index (χ0) is 32.7. The lowest BCUT2D eigenvalue weighted by Crippen LogP contribution is -2.10. The quantitative estimate of drug-likeness (QED) is 0.0588. The van der Waals surface area contributed by atoms with Gasteiger partial charge in [0.15, 0.2) is 0 Å². The molecule has 4 aromatic rings. The van der Waals surface area contributed by atoms with Crippen LogP contribution in [0.4, 0.5) is 5.69 Å². The molecule has 3 aromatic carbocycles. The molecule has 0 aliphatic heterocycles. The fourth-order valence-corrected chi connectivity index (χ4v) is 6.57. The molecule has 1 aliphatic carbocycles. The number of hydrogen-bond donors (Lipinski definition) is 0. The second-order valence-corrected chi connectivity index (χ2v) is 13.1. The maximum absolute atomic E-state index is 4.78. The lowest BCUT2D eigenvalue weighted by molar-refractivity contribution is 0.459. The van der Waals surface area contributed by atoms with E-state index in [0.29, 0.717) is 0 Å². The number of likely N-dealkylation sites (N-methyl/N-ethyl adjacent to an activating group) is 1. The number of nitrogens with zero attached hydrogens (tertiary/aromatic N) is 5. The van der Waals surface area contributed by atoms with E-state index >= 15 is 0 Å². The zero-order valence-electron chi connectivity index (χ0n) is 29.1. The molecule has 0 spiro atoms. The molecular formula is C42H55N5. The molecule has 0 amide bonds. The van der Waals surface area contributed by atoms with Crippen LogP contribution >= 0.6 is 0 Å². The van der Waals surface area contributed by atoms with Crippen LogP contribution in [-0.2, 0) is 6.54 Å². The third-order valence-electron chi connectivity index (χ3n) is 9.39. The average molecular weight is 630 g/mol. The summed E-state index contributed by atoms with van der Waals surface area (Å²) in [4.78, 5) is 0. The summed E-state index contributed by atoms with van der Waals surface area (Å²) in [6, 6.07) is 23.8. The van der Waals surface area contributed by atoms with Crippen molar-refractivity contribution in [3.05, 3.63) is 102 Å². The number of rotatable bonds is 19. The molecule has 0 fully saturated rings. The largest absolute Gasteiger partial charge is 0.340 e. The summed E-state index contributed by atoms with van der Waals surface area (Å²) in [5.74, 6) is 0. The maximum atomic E-state index is 4.78. The Kier molecular flexibility index (Phi) is 13.3. The number of allylic oxidation sites excluding steroid dienone is 3. The molecule has 0 saturated carbocycles. The van der Waals surface area contributed by atoms with Crippen molar-refractivity contribution in [2.75, 3.05) is 19.1 Å². The van der Waals surface area contributed by atoms with Gasteiger partial charge in [0.05, 0.1) is 23.8 Å². The summed E-state index contributed by atoms with van der Waals surface area (Å²) >= 11 is 0. The van der Waals surface area contributed by atoms with Crippen LogP contribution in [0.15, 0.2) is 101 Å². The van der Waals surface area contributed by atoms with E-state index in [1.165, 1.54) is 98.9 Å². The van der Waals surface area contributed by atoms with E-state index in [2.05, 4.69) is 78.2 Å². The van der Waals surface area contributed by atoms with Gasteiger partial charge >= 0.3 is 0 Å². The van der Waals surface area contributed by atoms with Crippen LogP contribution in [0, 0.1) is 0 Å². The molecule has 0 saturated heterocycles. The highest BCUT2D eigenvalue weighted by Crippen LogP contribution is 2.31. The first-order valence-corrected chi connectivity index (χ1v) is 18.2. The van der Waals surface area contributed by atoms with Crippen LogP contribution in [0.3, 0.4) is 0 Å². The van der Waals surface area contributed by atoms with E-state index in [0.717, 1.165) is 41.9 Å². The van der Waals surface area contributed by atoms with Crippen LogP contribution in [-0.4, -0.2) is 36.1 Å². The van der Waals surface area contributed by atoms with Crippen LogP contribution < -0.4 is 5.01 Å². The Morgan fingerprint density at radius 2 is 1.19 bits per heavy atom. The molecule has 5 nitrogen and oxygen atoms in total. The number of unbranched alkanes of at least 4 members (excludes halogenated alkanes) is 11. The van der Waals surface area contributed by atoms with Gasteiger partial charge in [-0.2, -0.15) is 10.2 Å². The van der Waals surface area contributed by atoms with E-state index in [1.807, 2.05) is 54.7 Å². The van der Waals surface area contributed by atoms with Crippen molar-refractivity contribution in [3.63, 3.8) is 0 Å². The van der Waals surface area contributed by atoms with Gasteiger partial charge in [-0.1, -0.05) is 120 Å². The summed E-state index contributed by atoms with van der Waals surface area (Å²) in [5, 5.41) is 16.0. The normalized spacial score (nSPS) is 13.4. The number of anilines is 1. The van der Waals surface area contributed by atoms with Gasteiger partial charge in [-0.3, -0.25) is 10.0 Å². The summed E-state index contributed by atoms with van der Waals surface area (Å²) in [6.45, 7) is 3.33. The second-order valence-electron chi connectivity index (χ2n) is 13.1. The fourth-order valence-electron chi connectivity index (χ4n) is 6.57. The van der Waals surface area contributed by atoms with Crippen LogP contribution in [0.2, 0.25) is 0 Å². The van der Waals surface area contributed by atoms with Crippen molar-refractivity contribution in [1.82, 2.24) is 9.58 Å². The minimum absolute atomic E-state index is 1.04. The van der Waals surface area contributed by atoms with Gasteiger partial charge in [0.1, 0.15) is 0 Å². The first kappa shape index (κ1) is 34.2. The molecule has 5 rings (SSSR count). The van der Waals surface area contributed by atoms with Gasteiger partial charge in [-0.15, -0.1) is 0 Å². The summed E-state index contributed by atoms with van der Waals surface area (Å²) in [6.07, 6.45) is 29.2. The number of hydrazone groups is 2. The third-order valence-corrected chi connectivity index (χ3v) is 9.39.